The molecule has 0 atom stereocenters. The second-order valence-corrected chi connectivity index (χ2v) is 6.25. The quantitative estimate of drug-likeness (QED) is 0.775. The van der Waals surface area contributed by atoms with E-state index in [1.807, 2.05) is 23.6 Å². The molecule has 2 aromatic heterocycles. The predicted octanol–water partition coefficient (Wildman–Crippen LogP) is 3.28. The Kier molecular flexibility index (Phi) is 4.77. The Morgan fingerprint density at radius 1 is 1.21 bits per heavy atom. The SMILES string of the molecule is Cn1cc(NC(=O)c2cccc(OCc3cccs3)c2)ccc1=O. The molecular formula is C18H16N2O3S. The summed E-state index contributed by atoms with van der Waals surface area (Å²) in [4.78, 5) is 24.8. The molecule has 3 rings (SSSR count). The highest BCUT2D eigenvalue weighted by Crippen LogP contribution is 2.18. The molecule has 0 fully saturated rings. The Hall–Kier alpha value is -2.86. The number of aromatic nitrogens is 1. The number of nitrogens with zero attached hydrogens (tertiary/aromatic N) is 1. The fourth-order valence-electron chi connectivity index (χ4n) is 2.15. The maximum atomic E-state index is 12.3. The van der Waals surface area contributed by atoms with E-state index >= 15 is 0 Å². The van der Waals surface area contributed by atoms with Gasteiger partial charge in [-0.3, -0.25) is 9.59 Å². The van der Waals surface area contributed by atoms with Crippen LogP contribution in [-0.4, -0.2) is 10.5 Å². The Morgan fingerprint density at radius 2 is 2.08 bits per heavy atom. The molecule has 0 saturated carbocycles. The number of carbonyl (C=O) groups excluding carboxylic acids is 1. The van der Waals surface area contributed by atoms with Gasteiger partial charge in [0.25, 0.3) is 5.91 Å². The number of ether oxygens (including phenoxy) is 1. The van der Waals surface area contributed by atoms with Crippen molar-refractivity contribution in [2.75, 3.05) is 5.32 Å². The first-order valence-corrected chi connectivity index (χ1v) is 8.23. The van der Waals surface area contributed by atoms with Crippen LogP contribution in [-0.2, 0) is 13.7 Å². The average molecular weight is 340 g/mol. The number of nitrogens with one attached hydrogen (secondary N) is 1. The molecule has 0 aliphatic heterocycles. The lowest BCUT2D eigenvalue weighted by molar-refractivity contribution is 0.102. The zero-order valence-electron chi connectivity index (χ0n) is 13.1. The summed E-state index contributed by atoms with van der Waals surface area (Å²) in [5.74, 6) is 0.381. The molecule has 0 radical (unpaired) electrons. The van der Waals surface area contributed by atoms with Crippen molar-refractivity contribution >= 4 is 22.9 Å². The van der Waals surface area contributed by atoms with Gasteiger partial charge in [0, 0.05) is 29.8 Å². The highest BCUT2D eigenvalue weighted by Gasteiger charge is 2.08. The topological polar surface area (TPSA) is 60.3 Å². The van der Waals surface area contributed by atoms with Gasteiger partial charge in [-0.2, -0.15) is 0 Å². The molecule has 24 heavy (non-hydrogen) atoms. The summed E-state index contributed by atoms with van der Waals surface area (Å²) in [6.07, 6.45) is 1.58. The molecular weight excluding hydrogens is 324 g/mol. The van der Waals surface area contributed by atoms with Gasteiger partial charge >= 0.3 is 0 Å². The van der Waals surface area contributed by atoms with Crippen molar-refractivity contribution in [1.29, 1.82) is 0 Å². The third kappa shape index (κ3) is 3.91. The number of carbonyl (C=O) groups is 1. The molecule has 1 aromatic carbocycles. The van der Waals surface area contributed by atoms with Crippen molar-refractivity contribution in [1.82, 2.24) is 4.57 Å². The standard InChI is InChI=1S/C18H16N2O3S/c1-20-11-14(7-8-17(20)21)19-18(22)13-4-2-5-15(10-13)23-12-16-6-3-9-24-16/h2-11H,12H2,1H3,(H,19,22). The van der Waals surface area contributed by atoms with Crippen molar-refractivity contribution in [3.05, 3.63) is 80.9 Å². The molecule has 0 aliphatic carbocycles. The molecule has 2 heterocycles. The van der Waals surface area contributed by atoms with Gasteiger partial charge in [0.2, 0.25) is 5.56 Å². The second kappa shape index (κ2) is 7.14. The van der Waals surface area contributed by atoms with E-state index in [4.69, 9.17) is 4.74 Å². The van der Waals surface area contributed by atoms with Crippen LogP contribution in [0.4, 0.5) is 5.69 Å². The highest BCUT2D eigenvalue weighted by atomic mass is 32.1. The molecule has 1 amide bonds. The Bertz CT molecular complexity index is 901. The summed E-state index contributed by atoms with van der Waals surface area (Å²) in [7, 11) is 1.64. The Balaban J connectivity index is 1.69. The number of amides is 1. The van der Waals surface area contributed by atoms with Crippen molar-refractivity contribution < 1.29 is 9.53 Å². The smallest absolute Gasteiger partial charge is 0.255 e. The van der Waals surface area contributed by atoms with Crippen LogP contribution in [0.1, 0.15) is 15.2 Å². The fourth-order valence-corrected chi connectivity index (χ4v) is 2.76. The van der Waals surface area contributed by atoms with E-state index in [0.717, 1.165) is 4.88 Å². The van der Waals surface area contributed by atoms with Gasteiger partial charge in [-0.15, -0.1) is 11.3 Å². The van der Waals surface area contributed by atoms with Crippen LogP contribution in [0.25, 0.3) is 0 Å². The maximum absolute atomic E-state index is 12.3. The molecule has 122 valence electrons. The monoisotopic (exact) mass is 340 g/mol. The number of thiophene rings is 1. The normalized spacial score (nSPS) is 10.4. The molecule has 5 nitrogen and oxygen atoms in total. The van der Waals surface area contributed by atoms with Crippen molar-refractivity contribution in [2.24, 2.45) is 7.05 Å². The van der Waals surface area contributed by atoms with Crippen LogP contribution in [0, 0.1) is 0 Å². The summed E-state index contributed by atoms with van der Waals surface area (Å²) in [5.41, 5.74) is 0.927. The van der Waals surface area contributed by atoms with E-state index < -0.39 is 0 Å². The second-order valence-electron chi connectivity index (χ2n) is 5.22. The molecule has 1 N–H and O–H groups in total. The highest BCUT2D eigenvalue weighted by molar-refractivity contribution is 7.09. The molecule has 0 saturated heterocycles. The third-order valence-corrected chi connectivity index (χ3v) is 4.25. The first-order chi connectivity index (χ1) is 11.6. The van der Waals surface area contributed by atoms with E-state index in [2.05, 4.69) is 5.32 Å². The minimum Gasteiger partial charge on any atom is -0.488 e. The van der Waals surface area contributed by atoms with Gasteiger partial charge in [0.05, 0.1) is 5.69 Å². The van der Waals surface area contributed by atoms with Crippen LogP contribution < -0.4 is 15.6 Å². The number of aryl methyl sites for hydroxylation is 1. The lowest BCUT2D eigenvalue weighted by Gasteiger charge is -2.09. The van der Waals surface area contributed by atoms with E-state index in [1.54, 1.807) is 48.8 Å². The van der Waals surface area contributed by atoms with Crippen molar-refractivity contribution in [2.45, 2.75) is 6.61 Å². The van der Waals surface area contributed by atoms with Gasteiger partial charge in [-0.1, -0.05) is 12.1 Å². The molecule has 0 spiro atoms. The Labute approximate surface area is 143 Å². The van der Waals surface area contributed by atoms with Crippen LogP contribution in [0.2, 0.25) is 0 Å². The Morgan fingerprint density at radius 3 is 2.83 bits per heavy atom. The zero-order valence-corrected chi connectivity index (χ0v) is 13.9. The van der Waals surface area contributed by atoms with Crippen LogP contribution in [0.15, 0.2) is 64.9 Å². The summed E-state index contributed by atoms with van der Waals surface area (Å²) in [5, 5.41) is 4.77. The van der Waals surface area contributed by atoms with Crippen molar-refractivity contribution in [3.8, 4) is 5.75 Å². The van der Waals surface area contributed by atoms with Gasteiger partial charge < -0.3 is 14.6 Å². The summed E-state index contributed by atoms with van der Waals surface area (Å²) in [6.45, 7) is 0.476. The number of hydrogen-bond donors (Lipinski definition) is 1. The maximum Gasteiger partial charge on any atom is 0.255 e. The number of pyridine rings is 1. The summed E-state index contributed by atoms with van der Waals surface area (Å²) >= 11 is 1.62. The fraction of sp³-hybridized carbons (Fsp3) is 0.111. The van der Waals surface area contributed by atoms with Crippen LogP contribution >= 0.6 is 11.3 Å². The van der Waals surface area contributed by atoms with Crippen molar-refractivity contribution in [3.63, 3.8) is 0 Å². The number of rotatable bonds is 5. The average Bonchev–Trinajstić information content (AvgIpc) is 3.10. The minimum atomic E-state index is -0.254. The van der Waals surface area contributed by atoms with Crippen LogP contribution in [0.3, 0.4) is 0 Å². The van der Waals surface area contributed by atoms with Gasteiger partial charge in [-0.25, -0.2) is 0 Å². The third-order valence-electron chi connectivity index (χ3n) is 3.40. The molecule has 3 aromatic rings. The number of hydrogen-bond acceptors (Lipinski definition) is 4. The summed E-state index contributed by atoms with van der Waals surface area (Å²) < 4.78 is 7.12. The van der Waals surface area contributed by atoms with Crippen LogP contribution in [0.5, 0.6) is 5.75 Å². The van der Waals surface area contributed by atoms with E-state index in [1.165, 1.54) is 10.6 Å². The molecule has 0 unspecified atom stereocenters. The van der Waals surface area contributed by atoms with E-state index in [9.17, 15) is 9.59 Å². The minimum absolute atomic E-state index is 0.128. The predicted molar refractivity (Wildman–Crippen MR) is 94.7 cm³/mol. The number of anilines is 1. The molecule has 0 aliphatic rings. The zero-order chi connectivity index (χ0) is 16.9. The van der Waals surface area contributed by atoms with E-state index in [0.29, 0.717) is 23.6 Å². The first kappa shape index (κ1) is 16.0. The molecule has 6 heteroatoms. The van der Waals surface area contributed by atoms with Gasteiger partial charge in [0.15, 0.2) is 0 Å². The number of benzene rings is 1. The summed E-state index contributed by atoms with van der Waals surface area (Å²) in [6, 6.07) is 14.0. The van der Waals surface area contributed by atoms with E-state index in [-0.39, 0.29) is 11.5 Å². The lowest BCUT2D eigenvalue weighted by Crippen LogP contribution is -2.18. The lowest BCUT2D eigenvalue weighted by atomic mass is 10.2. The van der Waals surface area contributed by atoms with Gasteiger partial charge in [-0.05, 0) is 35.7 Å². The molecule has 0 bridgehead atoms. The van der Waals surface area contributed by atoms with Gasteiger partial charge in [0.1, 0.15) is 12.4 Å². The first-order valence-electron chi connectivity index (χ1n) is 7.35. The largest absolute Gasteiger partial charge is 0.488 e.